The topological polar surface area (TPSA) is 46.6 Å². The number of rotatable bonds is 5. The van der Waals surface area contributed by atoms with Crippen LogP contribution in [0.1, 0.15) is 11.7 Å². The average Bonchev–Trinajstić information content (AvgIpc) is 2.65. The van der Waals surface area contributed by atoms with Crippen molar-refractivity contribution in [2.24, 2.45) is 0 Å². The SMILES string of the molecule is CN(C)c1cccc2c(S(=O)(=O)OC(c3ccccc3)C(F)(F)F)cccc12. The standard InChI is InChI=1S/C20H18F3NO3S/c1-24(2)17-12-6-11-16-15(17)10-7-13-18(16)28(25,26)27-19(20(21,22)23)14-8-4-3-5-9-14/h3-13,19H,1-2H3. The average molecular weight is 409 g/mol. The van der Waals surface area contributed by atoms with E-state index < -0.39 is 22.4 Å². The fourth-order valence-electron chi connectivity index (χ4n) is 2.98. The van der Waals surface area contributed by atoms with Gasteiger partial charge in [-0.1, -0.05) is 54.6 Å². The molecular formula is C20H18F3NO3S. The van der Waals surface area contributed by atoms with Gasteiger partial charge < -0.3 is 4.90 Å². The van der Waals surface area contributed by atoms with E-state index >= 15 is 0 Å². The predicted octanol–water partition coefficient (Wildman–Crippen LogP) is 4.91. The molecule has 1 unspecified atom stereocenters. The van der Waals surface area contributed by atoms with Crippen LogP contribution in [0.2, 0.25) is 0 Å². The predicted molar refractivity (Wildman–Crippen MR) is 102 cm³/mol. The maximum Gasteiger partial charge on any atom is 0.420 e. The number of halogens is 3. The molecule has 0 amide bonds. The number of benzene rings is 3. The number of nitrogens with zero attached hydrogens (tertiary/aromatic N) is 1. The van der Waals surface area contributed by atoms with Gasteiger partial charge >= 0.3 is 6.18 Å². The molecule has 8 heteroatoms. The van der Waals surface area contributed by atoms with E-state index in [4.69, 9.17) is 4.18 Å². The molecule has 0 aliphatic carbocycles. The van der Waals surface area contributed by atoms with E-state index in [0.717, 1.165) is 5.69 Å². The van der Waals surface area contributed by atoms with Crippen LogP contribution in [0.5, 0.6) is 0 Å². The molecule has 0 saturated carbocycles. The summed E-state index contributed by atoms with van der Waals surface area (Å²) in [4.78, 5) is 1.49. The van der Waals surface area contributed by atoms with Crippen molar-refractivity contribution in [2.45, 2.75) is 17.2 Å². The van der Waals surface area contributed by atoms with E-state index in [1.165, 1.54) is 36.4 Å². The molecule has 0 spiro atoms. The summed E-state index contributed by atoms with van der Waals surface area (Å²) in [5, 5.41) is 0.892. The van der Waals surface area contributed by atoms with Crippen LogP contribution in [-0.4, -0.2) is 28.7 Å². The van der Waals surface area contributed by atoms with E-state index in [2.05, 4.69) is 0 Å². The highest BCUT2D eigenvalue weighted by Gasteiger charge is 2.45. The van der Waals surface area contributed by atoms with Crippen LogP contribution in [0, 0.1) is 0 Å². The molecule has 0 fully saturated rings. The van der Waals surface area contributed by atoms with Crippen molar-refractivity contribution >= 4 is 26.6 Å². The molecule has 0 aliphatic heterocycles. The minimum absolute atomic E-state index is 0.284. The fraction of sp³-hybridized carbons (Fsp3) is 0.200. The van der Waals surface area contributed by atoms with Crippen LogP contribution in [0.3, 0.4) is 0 Å². The maximum absolute atomic E-state index is 13.5. The molecule has 0 N–H and O–H groups in total. The first-order valence-corrected chi connectivity index (χ1v) is 9.76. The summed E-state index contributed by atoms with van der Waals surface area (Å²) < 4.78 is 71.0. The number of alkyl halides is 3. The van der Waals surface area contributed by atoms with Gasteiger partial charge in [-0.05, 0) is 17.7 Å². The Hall–Kier alpha value is -2.58. The lowest BCUT2D eigenvalue weighted by atomic mass is 10.1. The van der Waals surface area contributed by atoms with Crippen molar-refractivity contribution in [3.05, 3.63) is 72.3 Å². The summed E-state index contributed by atoms with van der Waals surface area (Å²) in [7, 11) is -1.11. The number of fused-ring (bicyclic) bond motifs is 1. The van der Waals surface area contributed by atoms with Crippen molar-refractivity contribution in [3.8, 4) is 0 Å². The third-order valence-corrected chi connectivity index (χ3v) is 5.57. The molecule has 0 radical (unpaired) electrons. The van der Waals surface area contributed by atoms with Gasteiger partial charge in [0.05, 0.1) is 0 Å². The summed E-state index contributed by atoms with van der Waals surface area (Å²) in [6.07, 6.45) is -7.49. The normalized spacial score (nSPS) is 13.5. The van der Waals surface area contributed by atoms with Crippen molar-refractivity contribution in [1.82, 2.24) is 0 Å². The van der Waals surface area contributed by atoms with Crippen LogP contribution in [0.25, 0.3) is 10.8 Å². The zero-order valence-electron chi connectivity index (χ0n) is 15.1. The lowest BCUT2D eigenvalue weighted by Crippen LogP contribution is -2.26. The Morgan fingerprint density at radius 2 is 1.46 bits per heavy atom. The van der Waals surface area contributed by atoms with E-state index in [9.17, 15) is 21.6 Å². The highest BCUT2D eigenvalue weighted by Crippen LogP contribution is 2.39. The second-order valence-corrected chi connectivity index (χ2v) is 7.95. The largest absolute Gasteiger partial charge is 0.420 e. The summed E-state index contributed by atoms with van der Waals surface area (Å²) in [5.74, 6) is 0. The molecule has 0 heterocycles. The molecule has 148 valence electrons. The number of hydrogen-bond donors (Lipinski definition) is 0. The second kappa shape index (κ2) is 7.44. The highest BCUT2D eigenvalue weighted by molar-refractivity contribution is 7.87. The summed E-state index contributed by atoms with van der Waals surface area (Å²) in [6, 6.07) is 16.1. The Morgan fingerprint density at radius 3 is 2.07 bits per heavy atom. The molecule has 4 nitrogen and oxygen atoms in total. The lowest BCUT2D eigenvalue weighted by molar-refractivity contribution is -0.196. The molecule has 3 aromatic carbocycles. The third-order valence-electron chi connectivity index (χ3n) is 4.23. The van der Waals surface area contributed by atoms with Gasteiger partial charge in [-0.15, -0.1) is 0 Å². The molecule has 3 aromatic rings. The Bertz CT molecular complexity index is 1080. The Balaban J connectivity index is 2.11. The van der Waals surface area contributed by atoms with Gasteiger partial charge in [0.1, 0.15) is 4.90 Å². The van der Waals surface area contributed by atoms with E-state index in [0.29, 0.717) is 10.8 Å². The van der Waals surface area contributed by atoms with Crippen molar-refractivity contribution in [3.63, 3.8) is 0 Å². The van der Waals surface area contributed by atoms with Crippen molar-refractivity contribution < 1.29 is 25.8 Å². The van der Waals surface area contributed by atoms with Crippen LogP contribution >= 0.6 is 0 Å². The Labute approximate surface area is 161 Å². The van der Waals surface area contributed by atoms with Gasteiger partial charge in [-0.3, -0.25) is 0 Å². The number of anilines is 1. The molecule has 0 saturated heterocycles. The monoisotopic (exact) mass is 409 g/mol. The first-order valence-electron chi connectivity index (χ1n) is 8.35. The minimum atomic E-state index is -4.90. The Kier molecular flexibility index (Phi) is 5.36. The molecule has 3 rings (SSSR count). The van der Waals surface area contributed by atoms with E-state index in [1.807, 2.05) is 0 Å². The lowest BCUT2D eigenvalue weighted by Gasteiger charge is -2.21. The smallest absolute Gasteiger partial charge is 0.377 e. The summed E-state index contributed by atoms with van der Waals surface area (Å²) >= 11 is 0. The molecule has 28 heavy (non-hydrogen) atoms. The van der Waals surface area contributed by atoms with Crippen LogP contribution in [0.15, 0.2) is 71.6 Å². The quantitative estimate of drug-likeness (QED) is 0.562. The molecule has 1 atom stereocenters. The van der Waals surface area contributed by atoms with Crippen LogP contribution in [0.4, 0.5) is 18.9 Å². The van der Waals surface area contributed by atoms with Gasteiger partial charge in [0.15, 0.2) is 6.10 Å². The van der Waals surface area contributed by atoms with Gasteiger partial charge in [-0.2, -0.15) is 21.6 Å². The number of hydrogen-bond acceptors (Lipinski definition) is 4. The summed E-state index contributed by atoms with van der Waals surface area (Å²) in [6.45, 7) is 0. The van der Waals surface area contributed by atoms with Crippen molar-refractivity contribution in [2.75, 3.05) is 19.0 Å². The fourth-order valence-corrected chi connectivity index (χ4v) is 4.25. The van der Waals surface area contributed by atoms with Crippen LogP contribution in [-0.2, 0) is 14.3 Å². The molecular weight excluding hydrogens is 391 g/mol. The first kappa shape index (κ1) is 20.2. The molecule has 0 bridgehead atoms. The maximum atomic E-state index is 13.5. The molecule has 0 aliphatic rings. The summed E-state index contributed by atoms with van der Waals surface area (Å²) in [5.41, 5.74) is 0.456. The molecule has 0 aromatic heterocycles. The third kappa shape index (κ3) is 3.98. The minimum Gasteiger partial charge on any atom is -0.377 e. The van der Waals surface area contributed by atoms with Gasteiger partial charge in [-0.25, -0.2) is 4.18 Å². The van der Waals surface area contributed by atoms with Crippen molar-refractivity contribution in [1.29, 1.82) is 0 Å². The zero-order chi connectivity index (χ0) is 20.5. The van der Waals surface area contributed by atoms with Gasteiger partial charge in [0.25, 0.3) is 10.1 Å². The highest BCUT2D eigenvalue weighted by atomic mass is 32.2. The zero-order valence-corrected chi connectivity index (χ0v) is 16.0. The first-order chi connectivity index (χ1) is 13.1. The van der Waals surface area contributed by atoms with E-state index in [1.54, 1.807) is 49.3 Å². The van der Waals surface area contributed by atoms with Gasteiger partial charge in [0.2, 0.25) is 0 Å². The second-order valence-electron chi connectivity index (χ2n) is 6.41. The van der Waals surface area contributed by atoms with E-state index in [-0.39, 0.29) is 10.5 Å². The van der Waals surface area contributed by atoms with Crippen LogP contribution < -0.4 is 4.90 Å². The van der Waals surface area contributed by atoms with Gasteiger partial charge in [0, 0.05) is 30.6 Å². The Morgan fingerprint density at radius 1 is 0.857 bits per heavy atom.